The molecule has 1 fully saturated rings. The maximum atomic E-state index is 9.95. The molecule has 0 saturated carbocycles. The molecule has 16 heavy (non-hydrogen) atoms. The predicted molar refractivity (Wildman–Crippen MR) is 58.1 cm³/mol. The van der Waals surface area contributed by atoms with Crippen LogP contribution in [0.15, 0.2) is 29.3 Å². The van der Waals surface area contributed by atoms with Crippen LogP contribution in [0.5, 0.6) is 5.75 Å². The molecule has 1 unspecified atom stereocenters. The van der Waals surface area contributed by atoms with E-state index in [9.17, 15) is 4.79 Å². The van der Waals surface area contributed by atoms with E-state index in [1.165, 1.54) is 6.08 Å². The lowest BCUT2D eigenvalue weighted by molar-refractivity contribution is 0.141. The minimum Gasteiger partial charge on any atom is -0.488 e. The van der Waals surface area contributed by atoms with Gasteiger partial charge in [-0.25, -0.2) is 9.79 Å². The first kappa shape index (κ1) is 10.9. The van der Waals surface area contributed by atoms with Crippen molar-refractivity contribution in [3.8, 4) is 5.75 Å². The second-order valence-corrected chi connectivity index (χ2v) is 3.65. The molecule has 0 bridgehead atoms. The van der Waals surface area contributed by atoms with Crippen LogP contribution < -0.4 is 4.74 Å². The van der Waals surface area contributed by atoms with Crippen molar-refractivity contribution < 1.29 is 14.3 Å². The average molecular weight is 219 g/mol. The highest BCUT2D eigenvalue weighted by atomic mass is 16.5. The monoisotopic (exact) mass is 219 g/mol. The third-order valence-electron chi connectivity index (χ3n) is 2.44. The molecule has 2 rings (SSSR count). The second-order valence-electron chi connectivity index (χ2n) is 3.65. The maximum Gasteiger partial charge on any atom is 0.235 e. The lowest BCUT2D eigenvalue weighted by atomic mass is 10.2. The third-order valence-corrected chi connectivity index (χ3v) is 2.44. The Bertz CT molecular complexity index is 376. The Morgan fingerprint density at radius 2 is 2.25 bits per heavy atom. The SMILES string of the molecule is O=C=NCc1ccc(OC2CCOC2)cc1. The summed E-state index contributed by atoms with van der Waals surface area (Å²) in [6, 6.07) is 7.56. The normalized spacial score (nSPS) is 19.1. The summed E-state index contributed by atoms with van der Waals surface area (Å²) in [6.45, 7) is 1.81. The van der Waals surface area contributed by atoms with E-state index in [-0.39, 0.29) is 6.10 Å². The minimum absolute atomic E-state index is 0.166. The van der Waals surface area contributed by atoms with Gasteiger partial charge in [-0.3, -0.25) is 0 Å². The molecule has 4 nitrogen and oxygen atoms in total. The highest BCUT2D eigenvalue weighted by molar-refractivity contribution is 5.34. The highest BCUT2D eigenvalue weighted by Gasteiger charge is 2.16. The first-order valence-corrected chi connectivity index (χ1v) is 5.25. The summed E-state index contributed by atoms with van der Waals surface area (Å²) in [5, 5.41) is 0. The van der Waals surface area contributed by atoms with Crippen LogP contribution in [0.4, 0.5) is 0 Å². The number of aliphatic imine (C=N–C) groups is 1. The summed E-state index contributed by atoms with van der Waals surface area (Å²) in [7, 11) is 0. The van der Waals surface area contributed by atoms with Crippen molar-refractivity contribution in [3.05, 3.63) is 29.8 Å². The zero-order valence-electron chi connectivity index (χ0n) is 8.89. The van der Waals surface area contributed by atoms with Gasteiger partial charge in [0.05, 0.1) is 19.8 Å². The molecule has 0 aromatic heterocycles. The summed E-state index contributed by atoms with van der Waals surface area (Å²) in [5.41, 5.74) is 0.971. The van der Waals surface area contributed by atoms with Crippen LogP contribution in [-0.4, -0.2) is 25.4 Å². The van der Waals surface area contributed by atoms with Crippen LogP contribution in [0, 0.1) is 0 Å². The molecule has 1 aromatic rings. The average Bonchev–Trinajstić information content (AvgIpc) is 2.81. The molecule has 84 valence electrons. The topological polar surface area (TPSA) is 47.9 Å². The third kappa shape index (κ3) is 2.92. The van der Waals surface area contributed by atoms with E-state index in [1.54, 1.807) is 0 Å². The molecule has 1 aromatic carbocycles. The smallest absolute Gasteiger partial charge is 0.235 e. The summed E-state index contributed by atoms with van der Waals surface area (Å²) in [5.74, 6) is 0.828. The predicted octanol–water partition coefficient (Wildman–Crippen LogP) is 1.69. The van der Waals surface area contributed by atoms with Crippen LogP contribution in [0.25, 0.3) is 0 Å². The van der Waals surface area contributed by atoms with Crippen LogP contribution in [0.2, 0.25) is 0 Å². The fraction of sp³-hybridized carbons (Fsp3) is 0.417. The minimum atomic E-state index is 0.166. The molecule has 0 radical (unpaired) electrons. The molecular formula is C12H13NO3. The van der Waals surface area contributed by atoms with Crippen molar-refractivity contribution in [2.75, 3.05) is 13.2 Å². The molecule has 0 aliphatic carbocycles. The van der Waals surface area contributed by atoms with E-state index in [2.05, 4.69) is 4.99 Å². The van der Waals surface area contributed by atoms with Gasteiger partial charge in [-0.2, -0.15) is 0 Å². The number of nitrogens with zero attached hydrogens (tertiary/aromatic N) is 1. The van der Waals surface area contributed by atoms with Crippen molar-refractivity contribution in [2.45, 2.75) is 19.1 Å². The van der Waals surface area contributed by atoms with Gasteiger partial charge < -0.3 is 9.47 Å². The van der Waals surface area contributed by atoms with Crippen LogP contribution in [0.3, 0.4) is 0 Å². The van der Waals surface area contributed by atoms with Crippen molar-refractivity contribution in [1.29, 1.82) is 0 Å². The number of isocyanates is 1. The second kappa shape index (κ2) is 5.45. The molecule has 1 atom stereocenters. The Labute approximate surface area is 93.9 Å². The first-order valence-electron chi connectivity index (χ1n) is 5.25. The number of hydrogen-bond donors (Lipinski definition) is 0. The fourth-order valence-corrected chi connectivity index (χ4v) is 1.60. The van der Waals surface area contributed by atoms with Gasteiger partial charge in [0, 0.05) is 6.42 Å². The number of ether oxygens (including phenoxy) is 2. The van der Waals surface area contributed by atoms with Gasteiger partial charge in [-0.15, -0.1) is 0 Å². The van der Waals surface area contributed by atoms with E-state index in [1.807, 2.05) is 24.3 Å². The van der Waals surface area contributed by atoms with E-state index < -0.39 is 0 Å². The van der Waals surface area contributed by atoms with Crippen LogP contribution in [0.1, 0.15) is 12.0 Å². The molecule has 0 N–H and O–H groups in total. The van der Waals surface area contributed by atoms with Gasteiger partial charge in [-0.1, -0.05) is 12.1 Å². The number of carbonyl (C=O) groups excluding carboxylic acids is 1. The summed E-state index contributed by atoms with van der Waals surface area (Å²) < 4.78 is 10.9. The number of benzene rings is 1. The van der Waals surface area contributed by atoms with Crippen LogP contribution in [-0.2, 0) is 16.1 Å². The quantitative estimate of drug-likeness (QED) is 0.572. The van der Waals surface area contributed by atoms with E-state index in [0.29, 0.717) is 13.2 Å². The zero-order valence-corrected chi connectivity index (χ0v) is 8.89. The molecule has 0 amide bonds. The Morgan fingerprint density at radius 3 is 2.88 bits per heavy atom. The molecule has 0 spiro atoms. The standard InChI is InChI=1S/C12H13NO3/c14-9-13-7-10-1-3-11(4-2-10)16-12-5-6-15-8-12/h1-4,12H,5-8H2. The van der Waals surface area contributed by atoms with Crippen molar-refractivity contribution in [1.82, 2.24) is 0 Å². The van der Waals surface area contributed by atoms with Crippen LogP contribution >= 0.6 is 0 Å². The molecule has 1 saturated heterocycles. The summed E-state index contributed by atoms with van der Waals surface area (Å²) in [4.78, 5) is 13.5. The Hall–Kier alpha value is -1.64. The van der Waals surface area contributed by atoms with E-state index >= 15 is 0 Å². The van der Waals surface area contributed by atoms with Gasteiger partial charge in [0.2, 0.25) is 6.08 Å². The van der Waals surface area contributed by atoms with E-state index in [4.69, 9.17) is 9.47 Å². The highest BCUT2D eigenvalue weighted by Crippen LogP contribution is 2.17. The number of hydrogen-bond acceptors (Lipinski definition) is 4. The molecule has 1 aliphatic rings. The van der Waals surface area contributed by atoms with Gasteiger partial charge in [-0.05, 0) is 17.7 Å². The fourth-order valence-electron chi connectivity index (χ4n) is 1.60. The molecule has 4 heteroatoms. The summed E-state index contributed by atoms with van der Waals surface area (Å²) in [6.07, 6.45) is 2.62. The summed E-state index contributed by atoms with van der Waals surface area (Å²) >= 11 is 0. The number of rotatable bonds is 4. The van der Waals surface area contributed by atoms with Crippen molar-refractivity contribution in [3.63, 3.8) is 0 Å². The Balaban J connectivity index is 1.93. The Kier molecular flexibility index (Phi) is 3.70. The molecule has 1 heterocycles. The lowest BCUT2D eigenvalue weighted by Gasteiger charge is -2.11. The van der Waals surface area contributed by atoms with Gasteiger partial charge in [0.25, 0.3) is 0 Å². The van der Waals surface area contributed by atoms with Crippen molar-refractivity contribution >= 4 is 6.08 Å². The first-order chi connectivity index (χ1) is 7.88. The lowest BCUT2D eigenvalue weighted by Crippen LogP contribution is -2.15. The maximum absolute atomic E-state index is 9.95. The van der Waals surface area contributed by atoms with Crippen molar-refractivity contribution in [2.24, 2.45) is 4.99 Å². The molecule has 1 aliphatic heterocycles. The largest absolute Gasteiger partial charge is 0.488 e. The van der Waals surface area contributed by atoms with Gasteiger partial charge in [0.15, 0.2) is 0 Å². The molecular weight excluding hydrogens is 206 g/mol. The van der Waals surface area contributed by atoms with Gasteiger partial charge in [0.1, 0.15) is 11.9 Å². The van der Waals surface area contributed by atoms with E-state index in [0.717, 1.165) is 24.3 Å². The Morgan fingerprint density at radius 1 is 1.44 bits per heavy atom. The van der Waals surface area contributed by atoms with Gasteiger partial charge >= 0.3 is 0 Å². The zero-order chi connectivity index (χ0) is 11.2.